The Kier molecular flexibility index (Phi) is 8.04. The molecule has 1 N–H and O–H groups in total. The Balaban J connectivity index is 1.47. The fourth-order valence-electron chi connectivity index (χ4n) is 8.86. The van der Waals surface area contributed by atoms with Gasteiger partial charge in [-0.3, -0.25) is 9.59 Å². The van der Waals surface area contributed by atoms with E-state index in [2.05, 4.69) is 5.32 Å². The molecule has 4 fully saturated rings. The summed E-state index contributed by atoms with van der Waals surface area (Å²) < 4.78 is 139. The van der Waals surface area contributed by atoms with Crippen LogP contribution in [0.15, 0.2) is 47.4 Å². The molecule has 1 saturated heterocycles. The van der Waals surface area contributed by atoms with Gasteiger partial charge in [0.25, 0.3) is 0 Å². The van der Waals surface area contributed by atoms with Crippen molar-refractivity contribution in [2.24, 2.45) is 5.41 Å². The minimum atomic E-state index is -6.36. The second kappa shape index (κ2) is 11.1. The number of alkyl halides is 7. The molecular formula is C33H34F8N2O4S. The van der Waals surface area contributed by atoms with E-state index in [9.17, 15) is 48.7 Å². The number of amides is 2. The number of aryl methyl sites for hydroxylation is 1. The fraction of sp³-hybridized carbons (Fsp3) is 0.576. The molecule has 0 aromatic heterocycles. The first-order valence-corrected chi connectivity index (χ1v) is 17.3. The summed E-state index contributed by atoms with van der Waals surface area (Å²) >= 11 is 0. The van der Waals surface area contributed by atoms with Crippen LogP contribution in [0.4, 0.5) is 35.1 Å². The van der Waals surface area contributed by atoms with Crippen LogP contribution in [-0.2, 0) is 36.3 Å². The zero-order valence-electron chi connectivity index (χ0n) is 25.9. The average molecular weight is 707 g/mol. The van der Waals surface area contributed by atoms with Crippen molar-refractivity contribution in [2.75, 3.05) is 6.54 Å². The van der Waals surface area contributed by atoms with Crippen molar-refractivity contribution in [3.8, 4) is 0 Å². The number of rotatable bonds is 5. The fourth-order valence-corrected chi connectivity index (χ4v) is 11.2. The van der Waals surface area contributed by atoms with Gasteiger partial charge in [-0.15, -0.1) is 0 Å². The molecule has 7 rings (SSSR count). The SMILES string of the molecule is CC(=O)NC12CCC(C(=O)N3CC[C@]4(S(=O)(=O)c5ccc(F)cc5)c5ccc(C(F)(C(F)(F)F)C(F)(F)F)cc5CCC[C@H]34)(CC1)CC2. The first-order valence-electron chi connectivity index (χ1n) is 15.8. The van der Waals surface area contributed by atoms with Crippen LogP contribution >= 0.6 is 0 Å². The quantitative estimate of drug-likeness (QED) is 0.270. The van der Waals surface area contributed by atoms with E-state index in [1.54, 1.807) is 0 Å². The van der Waals surface area contributed by atoms with Crippen LogP contribution in [0.3, 0.4) is 0 Å². The summed E-state index contributed by atoms with van der Waals surface area (Å²) in [7, 11) is -4.60. The maximum Gasteiger partial charge on any atom is 0.435 e. The lowest BCUT2D eigenvalue weighted by molar-refractivity contribution is -0.348. The summed E-state index contributed by atoms with van der Waals surface area (Å²) in [5, 5.41) is 3.02. The molecule has 6 nitrogen and oxygen atoms in total. The molecule has 1 heterocycles. The zero-order chi connectivity index (χ0) is 35.1. The van der Waals surface area contributed by atoms with Crippen molar-refractivity contribution >= 4 is 21.7 Å². The molecule has 2 aromatic rings. The van der Waals surface area contributed by atoms with E-state index < -0.39 is 61.0 Å². The summed E-state index contributed by atoms with van der Waals surface area (Å²) in [6, 6.07) is 4.45. The molecule has 4 aliphatic carbocycles. The summed E-state index contributed by atoms with van der Waals surface area (Å²) in [4.78, 5) is 27.6. The number of fused-ring (bicyclic) bond motifs is 6. The number of sulfone groups is 1. The van der Waals surface area contributed by atoms with Gasteiger partial charge < -0.3 is 10.2 Å². The molecule has 1 aliphatic heterocycles. The van der Waals surface area contributed by atoms with Crippen LogP contribution in [0.5, 0.6) is 0 Å². The van der Waals surface area contributed by atoms with Crippen LogP contribution in [0.25, 0.3) is 0 Å². The van der Waals surface area contributed by atoms with Gasteiger partial charge in [-0.25, -0.2) is 17.2 Å². The van der Waals surface area contributed by atoms with Gasteiger partial charge in [-0.1, -0.05) is 18.2 Å². The van der Waals surface area contributed by atoms with E-state index in [1.165, 1.54) is 11.8 Å². The number of hydrogen-bond acceptors (Lipinski definition) is 4. The van der Waals surface area contributed by atoms with E-state index in [0.717, 1.165) is 30.3 Å². The second-order valence-corrected chi connectivity index (χ2v) is 16.0. The third-order valence-corrected chi connectivity index (χ3v) is 13.9. The number of benzene rings is 2. The molecule has 2 aromatic carbocycles. The number of likely N-dealkylation sites (tertiary alicyclic amines) is 1. The van der Waals surface area contributed by atoms with E-state index in [4.69, 9.17) is 0 Å². The first-order chi connectivity index (χ1) is 22.2. The first kappa shape index (κ1) is 34.6. The highest BCUT2D eigenvalue weighted by molar-refractivity contribution is 7.92. The zero-order valence-corrected chi connectivity index (χ0v) is 26.7. The molecule has 5 aliphatic rings. The smallest absolute Gasteiger partial charge is 0.351 e. The predicted molar refractivity (Wildman–Crippen MR) is 156 cm³/mol. The number of hydrogen-bond donors (Lipinski definition) is 1. The second-order valence-electron chi connectivity index (χ2n) is 13.8. The van der Waals surface area contributed by atoms with Gasteiger partial charge in [0.15, 0.2) is 9.84 Å². The Morgan fingerprint density at radius 1 is 0.854 bits per heavy atom. The highest BCUT2D eigenvalue weighted by atomic mass is 32.2. The Labute approximate surface area is 272 Å². The summed E-state index contributed by atoms with van der Waals surface area (Å²) in [6.45, 7) is 1.36. The molecule has 0 unspecified atom stereocenters. The van der Waals surface area contributed by atoms with Crippen LogP contribution in [0.2, 0.25) is 0 Å². The predicted octanol–water partition coefficient (Wildman–Crippen LogP) is 6.95. The standard InChI is InChI=1S/C33H34F8N2O4S/c1-20(44)42-29-14-11-28(12-15-29,13-16-29)27(45)43-18-17-30(48(46,47)24-8-6-23(34)7-9-24)25-10-5-22(19-21(25)3-2-4-26(30)43)31(35,32(36,37)38)33(39,40)41/h5-10,19,26H,2-4,11-18H2,1H3,(H,42,44)/t26-,28?,29?,30-/m0/s1. The minimum Gasteiger partial charge on any atom is -0.351 e. The van der Waals surface area contributed by atoms with Crippen molar-refractivity contribution in [3.63, 3.8) is 0 Å². The van der Waals surface area contributed by atoms with Crippen LogP contribution in [0, 0.1) is 11.2 Å². The van der Waals surface area contributed by atoms with Gasteiger partial charge in [-0.05, 0) is 99.6 Å². The number of halogens is 8. The average Bonchev–Trinajstić information content (AvgIpc) is 3.31. The molecule has 2 bridgehead atoms. The Morgan fingerprint density at radius 3 is 1.98 bits per heavy atom. The van der Waals surface area contributed by atoms with Gasteiger partial charge >= 0.3 is 18.0 Å². The van der Waals surface area contributed by atoms with Crippen molar-refractivity contribution < 1.29 is 53.1 Å². The molecule has 2 amide bonds. The lowest BCUT2D eigenvalue weighted by Crippen LogP contribution is -2.61. The van der Waals surface area contributed by atoms with Gasteiger partial charge in [0, 0.05) is 30.0 Å². The van der Waals surface area contributed by atoms with Crippen LogP contribution in [-0.4, -0.2) is 55.6 Å². The van der Waals surface area contributed by atoms with E-state index in [0.29, 0.717) is 50.7 Å². The van der Waals surface area contributed by atoms with Gasteiger partial charge in [-0.2, -0.15) is 26.3 Å². The highest BCUT2D eigenvalue weighted by Gasteiger charge is 2.74. The lowest BCUT2D eigenvalue weighted by Gasteiger charge is -2.54. The third kappa shape index (κ3) is 4.95. The largest absolute Gasteiger partial charge is 0.435 e. The Morgan fingerprint density at radius 2 is 1.44 bits per heavy atom. The highest BCUT2D eigenvalue weighted by Crippen LogP contribution is 2.58. The molecule has 0 radical (unpaired) electrons. The molecule has 262 valence electrons. The van der Waals surface area contributed by atoms with Crippen molar-refractivity contribution in [2.45, 2.75) is 110 Å². The van der Waals surface area contributed by atoms with Crippen LogP contribution in [0.1, 0.15) is 81.4 Å². The third-order valence-electron chi connectivity index (χ3n) is 11.3. The van der Waals surface area contributed by atoms with E-state index in [-0.39, 0.29) is 60.1 Å². The number of nitrogens with one attached hydrogen (secondary N) is 1. The van der Waals surface area contributed by atoms with E-state index >= 15 is 4.39 Å². The number of carbonyl (C=O) groups is 2. The maximum atomic E-state index is 15.2. The molecule has 0 spiro atoms. The Hall–Kier alpha value is -3.23. The molecular weight excluding hydrogens is 672 g/mol. The molecule has 48 heavy (non-hydrogen) atoms. The van der Waals surface area contributed by atoms with E-state index in [1.807, 2.05) is 0 Å². The number of carbonyl (C=O) groups excluding carboxylic acids is 2. The van der Waals surface area contributed by atoms with Crippen molar-refractivity contribution in [1.29, 1.82) is 0 Å². The topological polar surface area (TPSA) is 83.6 Å². The molecule has 15 heteroatoms. The molecule has 2 atom stereocenters. The maximum absolute atomic E-state index is 15.2. The Bertz CT molecular complexity index is 1700. The molecule has 3 saturated carbocycles. The summed E-state index contributed by atoms with van der Waals surface area (Å²) in [6.07, 6.45) is -10.0. The van der Waals surface area contributed by atoms with Crippen molar-refractivity contribution in [3.05, 3.63) is 65.0 Å². The van der Waals surface area contributed by atoms with Gasteiger partial charge in [0.1, 0.15) is 10.6 Å². The van der Waals surface area contributed by atoms with Crippen molar-refractivity contribution in [1.82, 2.24) is 10.2 Å². The monoisotopic (exact) mass is 706 g/mol. The van der Waals surface area contributed by atoms with Crippen LogP contribution < -0.4 is 5.32 Å². The summed E-state index contributed by atoms with van der Waals surface area (Å²) in [5.41, 5.74) is -8.98. The van der Waals surface area contributed by atoms with Gasteiger partial charge in [0.05, 0.1) is 10.9 Å². The number of nitrogens with zero attached hydrogens (tertiary/aromatic N) is 1. The normalized spacial score (nSPS) is 29.2. The minimum absolute atomic E-state index is 0.0431. The summed E-state index contributed by atoms with van der Waals surface area (Å²) in [5.74, 6) is -1.20. The van der Waals surface area contributed by atoms with Gasteiger partial charge in [0.2, 0.25) is 11.8 Å². The lowest BCUT2D eigenvalue weighted by atomic mass is 9.56.